The monoisotopic (exact) mass is 408 g/mol. The predicted molar refractivity (Wildman–Crippen MR) is 109 cm³/mol. The van der Waals surface area contributed by atoms with Gasteiger partial charge in [0.05, 0.1) is 31.0 Å². The van der Waals surface area contributed by atoms with Crippen LogP contribution in [0, 0.1) is 11.3 Å². The topological polar surface area (TPSA) is 78.8 Å². The summed E-state index contributed by atoms with van der Waals surface area (Å²) in [4.78, 5) is 24.8. The molecule has 3 atom stereocenters. The second kappa shape index (κ2) is 7.87. The van der Waals surface area contributed by atoms with Gasteiger partial charge in [0.1, 0.15) is 5.82 Å². The van der Waals surface area contributed by atoms with Crippen LogP contribution in [0.1, 0.15) is 45.0 Å². The third-order valence-electron chi connectivity index (χ3n) is 5.69. The number of hydrogen-bond acceptors (Lipinski definition) is 5. The molecule has 2 aliphatic heterocycles. The number of aromatic nitrogens is 2. The van der Waals surface area contributed by atoms with Crippen molar-refractivity contribution in [2.24, 2.45) is 11.3 Å². The minimum Gasteiger partial charge on any atom is -0.465 e. The number of anilines is 1. The summed E-state index contributed by atoms with van der Waals surface area (Å²) in [6.45, 7) is 14.7. The van der Waals surface area contributed by atoms with Gasteiger partial charge in [-0.25, -0.2) is 14.8 Å². The quantitative estimate of drug-likeness (QED) is 0.605. The number of amides is 1. The fourth-order valence-electron chi connectivity index (χ4n) is 4.28. The molecule has 0 radical (unpaired) electrons. The summed E-state index contributed by atoms with van der Waals surface area (Å²) in [6, 6.07) is -0.285. The highest BCUT2D eigenvalue weighted by atomic mass is 35.5. The highest BCUT2D eigenvalue weighted by Gasteiger charge is 2.43. The molecule has 1 aromatic rings. The van der Waals surface area contributed by atoms with Crippen molar-refractivity contribution in [2.75, 3.05) is 31.2 Å². The number of nitrogens with zero attached hydrogens (tertiary/aromatic N) is 4. The van der Waals surface area contributed by atoms with Crippen molar-refractivity contribution in [3.8, 4) is 0 Å². The molecular formula is C20H29ClN4O3. The lowest BCUT2D eigenvalue weighted by atomic mass is 9.73. The first-order valence-electron chi connectivity index (χ1n) is 9.68. The summed E-state index contributed by atoms with van der Waals surface area (Å²) in [5.41, 5.74) is 1.48. The lowest BCUT2D eigenvalue weighted by molar-refractivity contribution is 0.0776. The van der Waals surface area contributed by atoms with Crippen molar-refractivity contribution in [3.63, 3.8) is 0 Å². The molecule has 154 valence electrons. The summed E-state index contributed by atoms with van der Waals surface area (Å²) in [5.74, 6) is 0.682. The van der Waals surface area contributed by atoms with Crippen molar-refractivity contribution >= 4 is 23.5 Å². The van der Waals surface area contributed by atoms with E-state index in [1.165, 1.54) is 4.90 Å². The zero-order chi connectivity index (χ0) is 20.6. The fourth-order valence-corrected chi connectivity index (χ4v) is 4.45. The Labute approximate surface area is 171 Å². The molecular weight excluding hydrogens is 380 g/mol. The van der Waals surface area contributed by atoms with E-state index in [0.29, 0.717) is 31.9 Å². The Balaban J connectivity index is 2.17. The van der Waals surface area contributed by atoms with Gasteiger partial charge in [-0.05, 0) is 30.4 Å². The van der Waals surface area contributed by atoms with Crippen LogP contribution in [0.15, 0.2) is 12.7 Å². The Kier molecular flexibility index (Phi) is 5.87. The Morgan fingerprint density at radius 1 is 1.39 bits per heavy atom. The van der Waals surface area contributed by atoms with Crippen LogP contribution in [0.25, 0.3) is 0 Å². The number of ether oxygens (including phenoxy) is 1. The average Bonchev–Trinajstić information content (AvgIpc) is 2.61. The first-order valence-corrected chi connectivity index (χ1v) is 10.1. The first kappa shape index (κ1) is 20.9. The third-order valence-corrected chi connectivity index (χ3v) is 5.86. The second-order valence-electron chi connectivity index (χ2n) is 8.60. The van der Waals surface area contributed by atoms with Gasteiger partial charge in [0.2, 0.25) is 5.28 Å². The predicted octanol–water partition coefficient (Wildman–Crippen LogP) is 3.78. The molecule has 7 nitrogen and oxygen atoms in total. The van der Waals surface area contributed by atoms with E-state index >= 15 is 0 Å². The van der Waals surface area contributed by atoms with Gasteiger partial charge in [0, 0.05) is 24.6 Å². The zero-order valence-electron chi connectivity index (χ0n) is 17.0. The standard InChI is InChI=1S/C20H29ClN4O3/c1-6-14(20(3,4)5)16-15-13(7-8-25(16)19(26)27)17(23-18(21)22-15)24-9-10-28-11-12(24)2/h6,12,14,16H,1,7-11H2,2-5H3,(H,26,27). The molecule has 3 unspecified atom stereocenters. The molecule has 2 aliphatic rings. The first-order chi connectivity index (χ1) is 13.1. The van der Waals surface area contributed by atoms with E-state index in [4.69, 9.17) is 16.3 Å². The van der Waals surface area contributed by atoms with Crippen molar-refractivity contribution < 1.29 is 14.6 Å². The van der Waals surface area contributed by atoms with Gasteiger partial charge in [-0.2, -0.15) is 0 Å². The Morgan fingerprint density at radius 2 is 2.11 bits per heavy atom. The minimum atomic E-state index is -0.956. The van der Waals surface area contributed by atoms with Gasteiger partial charge < -0.3 is 14.7 Å². The van der Waals surface area contributed by atoms with Crippen LogP contribution < -0.4 is 4.90 Å². The maximum absolute atomic E-state index is 12.0. The molecule has 1 aromatic heterocycles. The van der Waals surface area contributed by atoms with Crippen molar-refractivity contribution in [2.45, 2.75) is 46.2 Å². The Morgan fingerprint density at radius 3 is 2.68 bits per heavy atom. The van der Waals surface area contributed by atoms with Gasteiger partial charge in [-0.1, -0.05) is 26.8 Å². The van der Waals surface area contributed by atoms with Crippen LogP contribution in [-0.4, -0.2) is 58.4 Å². The number of carbonyl (C=O) groups is 1. The molecule has 3 rings (SSSR count). The van der Waals surface area contributed by atoms with Gasteiger partial charge in [-0.3, -0.25) is 4.90 Å². The molecule has 1 saturated heterocycles. The minimum absolute atomic E-state index is 0.122. The molecule has 1 N–H and O–H groups in total. The number of fused-ring (bicyclic) bond motifs is 1. The Hall–Kier alpha value is -1.86. The van der Waals surface area contributed by atoms with Crippen LogP contribution in [0.5, 0.6) is 0 Å². The summed E-state index contributed by atoms with van der Waals surface area (Å²) in [5, 5.41) is 10.0. The molecule has 1 amide bonds. The molecule has 3 heterocycles. The molecule has 0 bridgehead atoms. The van der Waals surface area contributed by atoms with E-state index in [2.05, 4.69) is 49.1 Å². The lowest BCUT2D eigenvalue weighted by Crippen LogP contribution is -2.48. The normalized spacial score (nSPS) is 23.9. The lowest BCUT2D eigenvalue weighted by Gasteiger charge is -2.44. The molecule has 8 heteroatoms. The van der Waals surface area contributed by atoms with Gasteiger partial charge in [0.25, 0.3) is 0 Å². The van der Waals surface area contributed by atoms with Crippen LogP contribution in [0.2, 0.25) is 5.28 Å². The van der Waals surface area contributed by atoms with Crippen LogP contribution in [0.4, 0.5) is 10.6 Å². The highest BCUT2D eigenvalue weighted by Crippen LogP contribution is 2.45. The molecule has 0 spiro atoms. The SMILES string of the molecule is C=CC(C1c2nc(Cl)nc(N3CCOCC3C)c2CCN1C(=O)O)C(C)(C)C. The van der Waals surface area contributed by atoms with Crippen molar-refractivity contribution in [3.05, 3.63) is 29.2 Å². The molecule has 0 aromatic carbocycles. The maximum atomic E-state index is 12.0. The molecule has 0 saturated carbocycles. The van der Waals surface area contributed by atoms with Crippen LogP contribution in [0.3, 0.4) is 0 Å². The molecule has 28 heavy (non-hydrogen) atoms. The molecule has 1 fully saturated rings. The smallest absolute Gasteiger partial charge is 0.407 e. The summed E-state index contributed by atoms with van der Waals surface area (Å²) in [6.07, 6.45) is 1.44. The molecule has 0 aliphatic carbocycles. The van der Waals surface area contributed by atoms with E-state index in [0.717, 1.165) is 17.9 Å². The van der Waals surface area contributed by atoms with Crippen molar-refractivity contribution in [1.29, 1.82) is 0 Å². The van der Waals surface area contributed by atoms with E-state index < -0.39 is 12.1 Å². The fraction of sp³-hybridized carbons (Fsp3) is 0.650. The summed E-state index contributed by atoms with van der Waals surface area (Å²) in [7, 11) is 0. The van der Waals surface area contributed by atoms with Crippen LogP contribution >= 0.6 is 11.6 Å². The van der Waals surface area contributed by atoms with E-state index in [-0.39, 0.29) is 22.7 Å². The van der Waals surface area contributed by atoms with Gasteiger partial charge in [-0.15, -0.1) is 6.58 Å². The van der Waals surface area contributed by atoms with Gasteiger partial charge in [0.15, 0.2) is 0 Å². The number of hydrogen-bond donors (Lipinski definition) is 1. The van der Waals surface area contributed by atoms with Crippen LogP contribution in [-0.2, 0) is 11.2 Å². The number of halogens is 1. The number of carboxylic acid groups (broad SMARTS) is 1. The van der Waals surface area contributed by atoms with E-state index in [1.807, 2.05) is 6.08 Å². The average molecular weight is 409 g/mol. The largest absolute Gasteiger partial charge is 0.465 e. The summed E-state index contributed by atoms with van der Waals surface area (Å²) < 4.78 is 5.56. The third kappa shape index (κ3) is 3.82. The second-order valence-corrected chi connectivity index (χ2v) is 8.93. The number of rotatable bonds is 3. The van der Waals surface area contributed by atoms with Crippen molar-refractivity contribution in [1.82, 2.24) is 14.9 Å². The van der Waals surface area contributed by atoms with E-state index in [9.17, 15) is 9.90 Å². The summed E-state index contributed by atoms with van der Waals surface area (Å²) >= 11 is 6.33. The maximum Gasteiger partial charge on any atom is 0.407 e. The van der Waals surface area contributed by atoms with Gasteiger partial charge >= 0.3 is 6.09 Å². The highest BCUT2D eigenvalue weighted by molar-refractivity contribution is 6.28. The van der Waals surface area contributed by atoms with E-state index in [1.54, 1.807) is 0 Å². The zero-order valence-corrected chi connectivity index (χ0v) is 17.7. The Bertz CT molecular complexity index is 765. The number of morpholine rings is 1.